The number of amides is 1. The van der Waals surface area contributed by atoms with Crippen LogP contribution in [0.2, 0.25) is 0 Å². The number of carbonyl (C=O) groups is 1. The quantitative estimate of drug-likeness (QED) is 0.792. The third kappa shape index (κ3) is 5.53. The van der Waals surface area contributed by atoms with Crippen molar-refractivity contribution >= 4 is 17.7 Å². The average Bonchev–Trinajstić information content (AvgIpc) is 2.55. The van der Waals surface area contributed by atoms with Gasteiger partial charge < -0.3 is 5.32 Å². The van der Waals surface area contributed by atoms with E-state index in [-0.39, 0.29) is 17.2 Å². The minimum absolute atomic E-state index is 0.0659. The highest BCUT2D eigenvalue weighted by Gasteiger charge is 2.16. The van der Waals surface area contributed by atoms with Gasteiger partial charge in [-0.2, -0.15) is 0 Å². The normalized spacial score (nSPS) is 13.4. The highest BCUT2D eigenvalue weighted by molar-refractivity contribution is 8.00. The van der Waals surface area contributed by atoms with E-state index >= 15 is 0 Å². The van der Waals surface area contributed by atoms with Crippen LogP contribution in [0.25, 0.3) is 0 Å². The Morgan fingerprint density at radius 2 is 1.86 bits per heavy atom. The number of hydrogen-bond acceptors (Lipinski definition) is 3. The predicted octanol–water partition coefficient (Wildman–Crippen LogP) is 3.70. The summed E-state index contributed by atoms with van der Waals surface area (Å²) >= 11 is 1.48. The van der Waals surface area contributed by atoms with Gasteiger partial charge in [0.05, 0.1) is 10.3 Å². The van der Waals surface area contributed by atoms with Crippen molar-refractivity contribution in [3.8, 4) is 0 Å². The fourth-order valence-corrected chi connectivity index (χ4v) is 2.93. The predicted molar refractivity (Wildman–Crippen MR) is 91.9 cm³/mol. The van der Waals surface area contributed by atoms with Gasteiger partial charge in [-0.3, -0.25) is 4.79 Å². The van der Waals surface area contributed by atoms with Gasteiger partial charge >= 0.3 is 0 Å². The minimum atomic E-state index is -0.144. The van der Waals surface area contributed by atoms with Crippen LogP contribution in [-0.4, -0.2) is 22.2 Å². The smallest absolute Gasteiger partial charge is 0.233 e. The molecule has 0 spiro atoms. The lowest BCUT2D eigenvalue weighted by Crippen LogP contribution is -2.37. The van der Waals surface area contributed by atoms with Gasteiger partial charge in [0.25, 0.3) is 0 Å². The van der Waals surface area contributed by atoms with Crippen LogP contribution in [0.4, 0.5) is 0 Å². The Kier molecular flexibility index (Phi) is 6.46. The molecule has 0 aliphatic carbocycles. The largest absolute Gasteiger partial charge is 0.353 e. The molecule has 0 bridgehead atoms. The first-order valence-corrected chi connectivity index (χ1v) is 8.45. The van der Waals surface area contributed by atoms with E-state index in [1.54, 1.807) is 6.20 Å². The second kappa shape index (κ2) is 8.59. The number of carbonyl (C=O) groups excluding carboxylic acids is 1. The molecule has 1 aromatic carbocycles. The van der Waals surface area contributed by atoms with Gasteiger partial charge in [0.15, 0.2) is 0 Å². The van der Waals surface area contributed by atoms with Crippen molar-refractivity contribution in [1.82, 2.24) is 10.3 Å². The first kappa shape index (κ1) is 16.6. The summed E-state index contributed by atoms with van der Waals surface area (Å²) in [7, 11) is 0. The molecule has 1 amide bonds. The Labute approximate surface area is 136 Å². The molecule has 0 saturated carbocycles. The number of aromatic nitrogens is 1. The van der Waals surface area contributed by atoms with E-state index in [0.29, 0.717) is 0 Å². The molecule has 1 aromatic heterocycles. The fourth-order valence-electron chi connectivity index (χ4n) is 2.11. The SMILES string of the molecule is CC(CCc1ccccc1)NC(=O)C(C)Sc1ccccn1. The third-order valence-corrected chi connectivity index (χ3v) is 4.45. The standard InChI is InChI=1S/C18H22N2OS/c1-14(11-12-16-8-4-3-5-9-16)20-18(21)15(2)22-17-10-6-7-13-19-17/h3-10,13-15H,11-12H2,1-2H3,(H,20,21). The van der Waals surface area contributed by atoms with Crippen LogP contribution in [0.3, 0.4) is 0 Å². The van der Waals surface area contributed by atoms with Crippen molar-refractivity contribution in [3.05, 3.63) is 60.3 Å². The van der Waals surface area contributed by atoms with E-state index in [2.05, 4.69) is 29.4 Å². The molecule has 1 heterocycles. The van der Waals surface area contributed by atoms with Crippen molar-refractivity contribution in [2.45, 2.75) is 43.0 Å². The van der Waals surface area contributed by atoms with E-state index in [1.165, 1.54) is 17.3 Å². The van der Waals surface area contributed by atoms with Gasteiger partial charge in [0.1, 0.15) is 0 Å². The van der Waals surface area contributed by atoms with Crippen molar-refractivity contribution in [2.75, 3.05) is 0 Å². The molecule has 3 nitrogen and oxygen atoms in total. The summed E-state index contributed by atoms with van der Waals surface area (Å²) in [6.45, 7) is 3.97. The zero-order valence-electron chi connectivity index (χ0n) is 13.0. The van der Waals surface area contributed by atoms with Gasteiger partial charge in [0.2, 0.25) is 5.91 Å². The van der Waals surface area contributed by atoms with Crippen LogP contribution in [-0.2, 0) is 11.2 Å². The summed E-state index contributed by atoms with van der Waals surface area (Å²) < 4.78 is 0. The molecule has 4 heteroatoms. The van der Waals surface area contributed by atoms with Gasteiger partial charge in [-0.05, 0) is 44.4 Å². The summed E-state index contributed by atoms with van der Waals surface area (Å²) in [5, 5.41) is 3.82. The molecule has 2 atom stereocenters. The molecule has 22 heavy (non-hydrogen) atoms. The fraction of sp³-hybridized carbons (Fsp3) is 0.333. The van der Waals surface area contributed by atoms with Gasteiger partial charge in [0, 0.05) is 12.2 Å². The summed E-state index contributed by atoms with van der Waals surface area (Å²) in [6, 6.07) is 16.2. The Morgan fingerprint density at radius 1 is 1.14 bits per heavy atom. The third-order valence-electron chi connectivity index (χ3n) is 3.40. The summed E-state index contributed by atoms with van der Waals surface area (Å²) in [5.74, 6) is 0.0659. The lowest BCUT2D eigenvalue weighted by molar-refractivity contribution is -0.120. The Bertz CT molecular complexity index is 574. The average molecular weight is 314 g/mol. The Balaban J connectivity index is 1.75. The van der Waals surface area contributed by atoms with Crippen molar-refractivity contribution in [1.29, 1.82) is 0 Å². The first-order chi connectivity index (χ1) is 10.6. The van der Waals surface area contributed by atoms with Crippen LogP contribution in [0.15, 0.2) is 59.8 Å². The summed E-state index contributed by atoms with van der Waals surface area (Å²) in [4.78, 5) is 16.4. The molecular weight excluding hydrogens is 292 g/mol. The number of benzene rings is 1. The minimum Gasteiger partial charge on any atom is -0.353 e. The molecule has 0 saturated heterocycles. The highest BCUT2D eigenvalue weighted by Crippen LogP contribution is 2.20. The highest BCUT2D eigenvalue weighted by atomic mass is 32.2. The van der Waals surface area contributed by atoms with Crippen LogP contribution >= 0.6 is 11.8 Å². The Morgan fingerprint density at radius 3 is 2.55 bits per heavy atom. The van der Waals surface area contributed by atoms with Crippen LogP contribution < -0.4 is 5.32 Å². The maximum Gasteiger partial charge on any atom is 0.233 e. The summed E-state index contributed by atoms with van der Waals surface area (Å²) in [6.07, 6.45) is 3.66. The van der Waals surface area contributed by atoms with E-state index < -0.39 is 0 Å². The van der Waals surface area contributed by atoms with Crippen LogP contribution in [0.1, 0.15) is 25.8 Å². The number of rotatable bonds is 7. The lowest BCUT2D eigenvalue weighted by atomic mass is 10.1. The van der Waals surface area contributed by atoms with Gasteiger partial charge in [-0.15, -0.1) is 0 Å². The topological polar surface area (TPSA) is 42.0 Å². The number of thioether (sulfide) groups is 1. The van der Waals surface area contributed by atoms with Crippen LogP contribution in [0.5, 0.6) is 0 Å². The van der Waals surface area contributed by atoms with E-state index in [0.717, 1.165) is 17.9 Å². The molecule has 0 aliphatic heterocycles. The summed E-state index contributed by atoms with van der Waals surface area (Å²) in [5.41, 5.74) is 1.31. The van der Waals surface area contributed by atoms with Crippen molar-refractivity contribution < 1.29 is 4.79 Å². The molecule has 2 aromatic rings. The number of nitrogens with zero attached hydrogens (tertiary/aromatic N) is 1. The van der Waals surface area contributed by atoms with Crippen molar-refractivity contribution in [3.63, 3.8) is 0 Å². The molecule has 0 aliphatic rings. The number of hydrogen-bond donors (Lipinski definition) is 1. The molecular formula is C18H22N2OS. The molecule has 1 N–H and O–H groups in total. The van der Waals surface area contributed by atoms with Crippen LogP contribution in [0, 0.1) is 0 Å². The number of pyridine rings is 1. The number of aryl methyl sites for hydroxylation is 1. The monoisotopic (exact) mass is 314 g/mol. The van der Waals surface area contributed by atoms with Gasteiger partial charge in [-0.25, -0.2) is 4.98 Å². The Hall–Kier alpha value is -1.81. The maximum atomic E-state index is 12.2. The number of nitrogens with one attached hydrogen (secondary N) is 1. The molecule has 0 radical (unpaired) electrons. The van der Waals surface area contributed by atoms with E-state index in [4.69, 9.17) is 0 Å². The first-order valence-electron chi connectivity index (χ1n) is 7.57. The van der Waals surface area contributed by atoms with Gasteiger partial charge in [-0.1, -0.05) is 48.2 Å². The zero-order valence-corrected chi connectivity index (χ0v) is 13.8. The van der Waals surface area contributed by atoms with E-state index in [1.807, 2.05) is 43.3 Å². The molecule has 0 fully saturated rings. The second-order valence-electron chi connectivity index (χ2n) is 5.36. The zero-order chi connectivity index (χ0) is 15.8. The van der Waals surface area contributed by atoms with Crippen molar-refractivity contribution in [2.24, 2.45) is 0 Å². The maximum absolute atomic E-state index is 12.2. The second-order valence-corrected chi connectivity index (χ2v) is 6.72. The lowest BCUT2D eigenvalue weighted by Gasteiger charge is -2.17. The molecule has 2 rings (SSSR count). The molecule has 2 unspecified atom stereocenters. The molecule has 116 valence electrons. The van der Waals surface area contributed by atoms with E-state index in [9.17, 15) is 4.79 Å².